The highest BCUT2D eigenvalue weighted by atomic mass is 16.5. The number of hydrogen-bond donors (Lipinski definition) is 0. The molecule has 3 heteroatoms. The van der Waals surface area contributed by atoms with Gasteiger partial charge < -0.3 is 4.74 Å². The number of nitriles is 1. The summed E-state index contributed by atoms with van der Waals surface area (Å²) in [4.78, 5) is 4.03. The molecule has 0 unspecified atom stereocenters. The predicted molar refractivity (Wildman–Crippen MR) is 73.8 cm³/mol. The quantitative estimate of drug-likeness (QED) is 0.834. The molecule has 0 saturated carbocycles. The maximum atomic E-state index is 8.99. The second kappa shape index (κ2) is 6.01. The minimum Gasteiger partial charge on any atom is -0.489 e. The molecule has 2 rings (SSSR count). The van der Waals surface area contributed by atoms with E-state index in [9.17, 15) is 0 Å². The molecule has 96 valence electrons. The summed E-state index contributed by atoms with van der Waals surface area (Å²) in [6, 6.07) is 13.7. The van der Waals surface area contributed by atoms with Gasteiger partial charge in [-0.15, -0.1) is 0 Å². The van der Waals surface area contributed by atoms with Gasteiger partial charge in [0.1, 0.15) is 24.1 Å². The number of benzene rings is 1. The van der Waals surface area contributed by atoms with E-state index in [1.165, 1.54) is 5.56 Å². The highest BCUT2D eigenvalue weighted by Gasteiger charge is 2.08. The zero-order chi connectivity index (χ0) is 13.7. The third kappa shape index (κ3) is 3.11. The van der Waals surface area contributed by atoms with Crippen molar-refractivity contribution in [3.05, 3.63) is 59.4 Å². The summed E-state index contributed by atoms with van der Waals surface area (Å²) in [6.07, 6.45) is 1.62. The fourth-order valence-electron chi connectivity index (χ4n) is 1.90. The van der Waals surface area contributed by atoms with E-state index in [1.54, 1.807) is 6.20 Å². The Balaban J connectivity index is 2.18. The van der Waals surface area contributed by atoms with Crippen LogP contribution in [0.15, 0.2) is 42.6 Å². The van der Waals surface area contributed by atoms with Crippen LogP contribution in [0.1, 0.15) is 36.6 Å². The summed E-state index contributed by atoms with van der Waals surface area (Å²) >= 11 is 0. The zero-order valence-corrected chi connectivity index (χ0v) is 11.1. The molecule has 1 aromatic carbocycles. The van der Waals surface area contributed by atoms with Gasteiger partial charge in [-0.25, -0.2) is 4.98 Å². The van der Waals surface area contributed by atoms with Crippen molar-refractivity contribution in [1.29, 1.82) is 5.26 Å². The van der Waals surface area contributed by atoms with Gasteiger partial charge in [-0.2, -0.15) is 5.26 Å². The Morgan fingerprint density at radius 3 is 2.74 bits per heavy atom. The molecule has 0 amide bonds. The van der Waals surface area contributed by atoms with Gasteiger partial charge in [0.15, 0.2) is 0 Å². The van der Waals surface area contributed by atoms with Crippen molar-refractivity contribution < 1.29 is 4.74 Å². The van der Waals surface area contributed by atoms with Crippen LogP contribution in [0.4, 0.5) is 0 Å². The fraction of sp³-hybridized carbons (Fsp3) is 0.250. The predicted octanol–water partition coefficient (Wildman–Crippen LogP) is 3.66. The first-order valence-electron chi connectivity index (χ1n) is 6.28. The van der Waals surface area contributed by atoms with E-state index in [4.69, 9.17) is 10.00 Å². The van der Waals surface area contributed by atoms with E-state index in [2.05, 4.69) is 31.0 Å². The van der Waals surface area contributed by atoms with E-state index < -0.39 is 0 Å². The summed E-state index contributed by atoms with van der Waals surface area (Å²) in [5.41, 5.74) is 2.40. The van der Waals surface area contributed by atoms with Crippen LogP contribution >= 0.6 is 0 Å². The van der Waals surface area contributed by atoms with Gasteiger partial charge in [0, 0.05) is 11.8 Å². The number of hydrogen-bond acceptors (Lipinski definition) is 3. The SMILES string of the molecule is CC(C)c1ccccc1OCc1cccnc1C#N. The molecule has 0 radical (unpaired) electrons. The number of rotatable bonds is 4. The third-order valence-electron chi connectivity index (χ3n) is 2.92. The summed E-state index contributed by atoms with van der Waals surface area (Å²) < 4.78 is 5.84. The topological polar surface area (TPSA) is 45.9 Å². The van der Waals surface area contributed by atoms with Crippen LogP contribution < -0.4 is 4.74 Å². The lowest BCUT2D eigenvalue weighted by atomic mass is 10.0. The van der Waals surface area contributed by atoms with Gasteiger partial charge >= 0.3 is 0 Å². The smallest absolute Gasteiger partial charge is 0.147 e. The lowest BCUT2D eigenvalue weighted by Crippen LogP contribution is -2.02. The Morgan fingerprint density at radius 1 is 1.21 bits per heavy atom. The second-order valence-corrected chi connectivity index (χ2v) is 4.60. The molecule has 0 aliphatic carbocycles. The lowest BCUT2D eigenvalue weighted by Gasteiger charge is -2.14. The van der Waals surface area contributed by atoms with E-state index in [-0.39, 0.29) is 0 Å². The lowest BCUT2D eigenvalue weighted by molar-refractivity contribution is 0.301. The average Bonchev–Trinajstić information content (AvgIpc) is 2.45. The van der Waals surface area contributed by atoms with Crippen LogP contribution in [0.3, 0.4) is 0 Å². The van der Waals surface area contributed by atoms with Crippen molar-refractivity contribution in [1.82, 2.24) is 4.98 Å². The Bertz CT molecular complexity index is 600. The van der Waals surface area contributed by atoms with Crippen LogP contribution in [0.25, 0.3) is 0 Å². The minimum atomic E-state index is 0.362. The van der Waals surface area contributed by atoms with E-state index >= 15 is 0 Å². The van der Waals surface area contributed by atoms with Crippen molar-refractivity contribution in [3.63, 3.8) is 0 Å². The highest BCUT2D eigenvalue weighted by molar-refractivity contribution is 5.36. The monoisotopic (exact) mass is 252 g/mol. The van der Waals surface area contributed by atoms with Crippen molar-refractivity contribution in [2.24, 2.45) is 0 Å². The standard InChI is InChI=1S/C16H16N2O/c1-12(2)14-7-3-4-8-16(14)19-11-13-6-5-9-18-15(13)10-17/h3-9,12H,11H2,1-2H3. The van der Waals surface area contributed by atoms with E-state index in [1.807, 2.05) is 30.3 Å². The average molecular weight is 252 g/mol. The van der Waals surface area contributed by atoms with Crippen LogP contribution in [0.5, 0.6) is 5.75 Å². The van der Waals surface area contributed by atoms with Gasteiger partial charge in [0.25, 0.3) is 0 Å². The number of aromatic nitrogens is 1. The van der Waals surface area contributed by atoms with Crippen LogP contribution in [-0.4, -0.2) is 4.98 Å². The van der Waals surface area contributed by atoms with Gasteiger partial charge in [-0.1, -0.05) is 38.1 Å². The third-order valence-corrected chi connectivity index (χ3v) is 2.92. The molecule has 0 aliphatic heterocycles. The first kappa shape index (κ1) is 13.1. The van der Waals surface area contributed by atoms with Crippen molar-refractivity contribution in [2.45, 2.75) is 26.4 Å². The minimum absolute atomic E-state index is 0.362. The maximum absolute atomic E-state index is 8.99. The largest absolute Gasteiger partial charge is 0.489 e. The number of ether oxygens (including phenoxy) is 1. The van der Waals surface area contributed by atoms with Crippen molar-refractivity contribution >= 4 is 0 Å². The second-order valence-electron chi connectivity index (χ2n) is 4.60. The molecule has 0 saturated heterocycles. The van der Waals surface area contributed by atoms with Crippen LogP contribution in [0.2, 0.25) is 0 Å². The molecule has 0 atom stereocenters. The molecule has 0 aliphatic rings. The fourth-order valence-corrected chi connectivity index (χ4v) is 1.90. The van der Waals surface area contributed by atoms with Crippen LogP contribution in [0, 0.1) is 11.3 Å². The number of para-hydroxylation sites is 1. The van der Waals surface area contributed by atoms with Crippen LogP contribution in [-0.2, 0) is 6.61 Å². The molecule has 1 heterocycles. The molecule has 2 aromatic rings. The Hall–Kier alpha value is -2.34. The maximum Gasteiger partial charge on any atom is 0.147 e. The molecule has 0 fully saturated rings. The molecule has 0 spiro atoms. The first-order chi connectivity index (χ1) is 9.22. The molecule has 19 heavy (non-hydrogen) atoms. The summed E-state index contributed by atoms with van der Waals surface area (Å²) in [5.74, 6) is 1.27. The Labute approximate surface area is 113 Å². The summed E-state index contributed by atoms with van der Waals surface area (Å²) in [5, 5.41) is 8.99. The van der Waals surface area contributed by atoms with E-state index in [0.717, 1.165) is 11.3 Å². The van der Waals surface area contributed by atoms with Gasteiger partial charge in [0.05, 0.1) is 0 Å². The van der Waals surface area contributed by atoms with E-state index in [0.29, 0.717) is 18.2 Å². The number of nitrogens with zero attached hydrogens (tertiary/aromatic N) is 2. The molecule has 3 nitrogen and oxygen atoms in total. The molecule has 0 bridgehead atoms. The first-order valence-corrected chi connectivity index (χ1v) is 6.28. The van der Waals surface area contributed by atoms with Gasteiger partial charge in [-0.3, -0.25) is 0 Å². The Kier molecular flexibility index (Phi) is 4.15. The zero-order valence-electron chi connectivity index (χ0n) is 11.1. The summed E-state index contributed by atoms with van der Waals surface area (Å²) in [6.45, 7) is 4.63. The van der Waals surface area contributed by atoms with Crippen molar-refractivity contribution in [2.75, 3.05) is 0 Å². The molecule has 1 aromatic heterocycles. The molecular formula is C16H16N2O. The van der Waals surface area contributed by atoms with Gasteiger partial charge in [0.2, 0.25) is 0 Å². The normalized spacial score (nSPS) is 10.2. The van der Waals surface area contributed by atoms with Crippen molar-refractivity contribution in [3.8, 4) is 11.8 Å². The summed E-state index contributed by atoms with van der Waals surface area (Å²) in [7, 11) is 0. The van der Waals surface area contributed by atoms with Gasteiger partial charge in [-0.05, 0) is 23.6 Å². The molecular weight excluding hydrogens is 236 g/mol. The molecule has 0 N–H and O–H groups in total. The highest BCUT2D eigenvalue weighted by Crippen LogP contribution is 2.26. The number of pyridine rings is 1. The Morgan fingerprint density at radius 2 is 2.00 bits per heavy atom.